The smallest absolute Gasteiger partial charge is 0.254 e. The molecular formula is C30H44N4O4. The lowest BCUT2D eigenvalue weighted by Gasteiger charge is -2.34. The maximum absolute atomic E-state index is 12.6. The van der Waals surface area contributed by atoms with Gasteiger partial charge in [0.2, 0.25) is 0 Å². The van der Waals surface area contributed by atoms with Crippen LogP contribution in [-0.2, 0) is 22.2 Å². The van der Waals surface area contributed by atoms with Crippen molar-refractivity contribution in [2.24, 2.45) is 5.10 Å². The number of ether oxygens (including phenoxy) is 2. The number of rotatable bonds is 8. The van der Waals surface area contributed by atoms with Gasteiger partial charge in [0, 0.05) is 49.4 Å². The van der Waals surface area contributed by atoms with Gasteiger partial charge in [0.1, 0.15) is 17.2 Å². The Morgan fingerprint density at radius 1 is 0.974 bits per heavy atom. The largest absolute Gasteiger partial charge is 0.507 e. The number of carbonyl (C=O) groups excluding carboxylic acids is 1. The molecule has 208 valence electrons. The summed E-state index contributed by atoms with van der Waals surface area (Å²) in [6, 6.07) is 9.84. The molecule has 2 N–H and O–H groups in total. The van der Waals surface area contributed by atoms with E-state index in [9.17, 15) is 9.90 Å². The number of nitrogens with zero attached hydrogens (tertiary/aromatic N) is 3. The number of amides is 1. The lowest BCUT2D eigenvalue weighted by Crippen LogP contribution is -2.48. The van der Waals surface area contributed by atoms with Crippen molar-refractivity contribution in [1.82, 2.24) is 15.2 Å². The van der Waals surface area contributed by atoms with Crippen molar-refractivity contribution in [2.45, 2.75) is 58.9 Å². The van der Waals surface area contributed by atoms with Crippen LogP contribution in [0.4, 0.5) is 0 Å². The van der Waals surface area contributed by atoms with Gasteiger partial charge in [-0.2, -0.15) is 5.10 Å². The van der Waals surface area contributed by atoms with Crippen LogP contribution in [0.3, 0.4) is 0 Å². The van der Waals surface area contributed by atoms with Gasteiger partial charge in [0.05, 0.1) is 27.0 Å². The summed E-state index contributed by atoms with van der Waals surface area (Å²) in [5, 5.41) is 15.1. The van der Waals surface area contributed by atoms with Crippen molar-refractivity contribution in [3.8, 4) is 17.2 Å². The zero-order chi connectivity index (χ0) is 28.1. The predicted molar refractivity (Wildman–Crippen MR) is 153 cm³/mol. The Labute approximate surface area is 227 Å². The van der Waals surface area contributed by atoms with Crippen LogP contribution in [0.15, 0.2) is 35.4 Å². The molecule has 8 heteroatoms. The molecule has 0 bridgehead atoms. The van der Waals surface area contributed by atoms with Crippen molar-refractivity contribution < 1.29 is 19.4 Å². The minimum Gasteiger partial charge on any atom is -0.507 e. The molecular weight excluding hydrogens is 480 g/mol. The maximum atomic E-state index is 12.6. The summed E-state index contributed by atoms with van der Waals surface area (Å²) in [6.45, 7) is 16.9. The summed E-state index contributed by atoms with van der Waals surface area (Å²) < 4.78 is 10.9. The second kappa shape index (κ2) is 12.2. The summed E-state index contributed by atoms with van der Waals surface area (Å²) in [4.78, 5) is 17.1. The highest BCUT2D eigenvalue weighted by Crippen LogP contribution is 2.37. The van der Waals surface area contributed by atoms with Crippen LogP contribution in [0.1, 0.15) is 63.8 Å². The third-order valence-electron chi connectivity index (χ3n) is 6.92. The van der Waals surface area contributed by atoms with Gasteiger partial charge in [0.25, 0.3) is 5.91 Å². The number of hydrogen-bond acceptors (Lipinski definition) is 7. The number of piperazine rings is 1. The predicted octanol–water partition coefficient (Wildman–Crippen LogP) is 4.27. The van der Waals surface area contributed by atoms with Crippen LogP contribution in [0.2, 0.25) is 0 Å². The van der Waals surface area contributed by atoms with E-state index in [2.05, 4.69) is 67.9 Å². The first-order chi connectivity index (χ1) is 17.8. The molecule has 1 fully saturated rings. The molecule has 38 heavy (non-hydrogen) atoms. The second-order valence-corrected chi connectivity index (χ2v) is 12.0. The molecule has 1 aliphatic rings. The first-order valence-corrected chi connectivity index (χ1v) is 13.2. The summed E-state index contributed by atoms with van der Waals surface area (Å²) in [7, 11) is 3.34. The Kier molecular flexibility index (Phi) is 9.44. The minimum atomic E-state index is -0.225. The first kappa shape index (κ1) is 29.5. The van der Waals surface area contributed by atoms with Crippen molar-refractivity contribution >= 4 is 12.1 Å². The van der Waals surface area contributed by atoms with Crippen LogP contribution in [0.5, 0.6) is 17.2 Å². The van der Waals surface area contributed by atoms with Gasteiger partial charge in [-0.15, -0.1) is 0 Å². The van der Waals surface area contributed by atoms with Gasteiger partial charge in [-0.25, -0.2) is 5.43 Å². The van der Waals surface area contributed by atoms with Crippen molar-refractivity contribution in [3.63, 3.8) is 0 Å². The average molecular weight is 525 g/mol. The Morgan fingerprint density at radius 2 is 1.63 bits per heavy atom. The Balaban J connectivity index is 1.56. The van der Waals surface area contributed by atoms with E-state index in [1.807, 2.05) is 24.3 Å². The van der Waals surface area contributed by atoms with E-state index in [0.717, 1.165) is 60.9 Å². The number of hydrogen-bond donors (Lipinski definition) is 2. The average Bonchev–Trinajstić information content (AvgIpc) is 2.84. The summed E-state index contributed by atoms with van der Waals surface area (Å²) in [5.41, 5.74) is 5.98. The van der Waals surface area contributed by atoms with Crippen molar-refractivity contribution in [2.75, 3.05) is 46.9 Å². The lowest BCUT2D eigenvalue weighted by atomic mass is 9.79. The molecule has 3 rings (SSSR count). The van der Waals surface area contributed by atoms with Crippen LogP contribution in [0, 0.1) is 0 Å². The second-order valence-electron chi connectivity index (χ2n) is 12.0. The molecule has 0 saturated carbocycles. The molecule has 0 aromatic heterocycles. The zero-order valence-electron chi connectivity index (χ0n) is 24.2. The molecule has 0 radical (unpaired) electrons. The Hall–Kier alpha value is -3.10. The topological polar surface area (TPSA) is 86.6 Å². The molecule has 1 saturated heterocycles. The number of nitrogens with one attached hydrogen (secondary N) is 1. The number of benzene rings is 2. The molecule has 1 amide bonds. The molecule has 1 aliphatic heterocycles. The Bertz CT molecular complexity index is 1140. The zero-order valence-corrected chi connectivity index (χ0v) is 24.2. The summed E-state index contributed by atoms with van der Waals surface area (Å²) in [6.07, 6.45) is 1.54. The normalized spacial score (nSPS) is 15.6. The number of aromatic hydroxyl groups is 1. The number of phenolic OH excluding ortho intramolecular Hbond substituents is 1. The van der Waals surface area contributed by atoms with Gasteiger partial charge in [-0.3, -0.25) is 14.6 Å². The first-order valence-electron chi connectivity index (χ1n) is 13.2. The molecule has 0 aliphatic carbocycles. The highest BCUT2D eigenvalue weighted by atomic mass is 16.5. The summed E-state index contributed by atoms with van der Waals surface area (Å²) >= 11 is 0. The van der Waals surface area contributed by atoms with Gasteiger partial charge in [-0.05, 0) is 40.7 Å². The van der Waals surface area contributed by atoms with Crippen LogP contribution < -0.4 is 14.9 Å². The van der Waals surface area contributed by atoms with E-state index in [-0.39, 0.29) is 29.0 Å². The molecule has 1 heterocycles. The van der Waals surface area contributed by atoms with Crippen molar-refractivity contribution in [1.29, 1.82) is 0 Å². The van der Waals surface area contributed by atoms with Crippen LogP contribution in [0.25, 0.3) is 0 Å². The Morgan fingerprint density at radius 3 is 2.21 bits per heavy atom. The van der Waals surface area contributed by atoms with Gasteiger partial charge in [0.15, 0.2) is 0 Å². The van der Waals surface area contributed by atoms with Crippen molar-refractivity contribution in [3.05, 3.63) is 52.6 Å². The molecule has 0 unspecified atom stereocenters. The van der Waals surface area contributed by atoms with Crippen LogP contribution >= 0.6 is 0 Å². The van der Waals surface area contributed by atoms with E-state index in [4.69, 9.17) is 9.47 Å². The monoisotopic (exact) mass is 524 g/mol. The standard InChI is InChI=1S/C30H44N4O4/c1-29(2,3)23-15-21(28(36)25(17-23)30(4,5)6)18-31-32-27(35)20-34-13-11-33(12-14-34)19-22-16-24(37-7)9-10-26(22)38-8/h9-10,15-18,36H,11-14,19-20H2,1-8H3,(H,32,35)/b31-18-. The fourth-order valence-electron chi connectivity index (χ4n) is 4.52. The molecule has 8 nitrogen and oxygen atoms in total. The highest BCUT2D eigenvalue weighted by molar-refractivity contribution is 5.86. The van der Waals surface area contributed by atoms with E-state index in [0.29, 0.717) is 5.56 Å². The van der Waals surface area contributed by atoms with E-state index < -0.39 is 0 Å². The van der Waals surface area contributed by atoms with Gasteiger partial charge >= 0.3 is 0 Å². The van der Waals surface area contributed by atoms with Crippen LogP contribution in [-0.4, -0.2) is 74.0 Å². The SMILES string of the molecule is COc1ccc(OC)c(CN2CCN(CC(=O)N/N=C\c3cc(C(C)(C)C)cc(C(C)(C)C)c3O)CC2)c1. The number of hydrazone groups is 1. The fourth-order valence-corrected chi connectivity index (χ4v) is 4.52. The maximum Gasteiger partial charge on any atom is 0.254 e. The lowest BCUT2D eigenvalue weighted by molar-refractivity contribution is -0.122. The van der Waals surface area contributed by atoms with E-state index >= 15 is 0 Å². The third kappa shape index (κ3) is 7.71. The minimum absolute atomic E-state index is 0.0839. The third-order valence-corrected chi connectivity index (χ3v) is 6.92. The number of methoxy groups -OCH3 is 2. The molecule has 2 aromatic carbocycles. The quantitative estimate of drug-likeness (QED) is 0.396. The molecule has 2 aromatic rings. The number of phenols is 1. The fraction of sp³-hybridized carbons (Fsp3) is 0.533. The number of carbonyl (C=O) groups is 1. The van der Waals surface area contributed by atoms with Gasteiger partial charge < -0.3 is 14.6 Å². The molecule has 0 atom stereocenters. The summed E-state index contributed by atoms with van der Waals surface area (Å²) in [5.74, 6) is 1.68. The highest BCUT2D eigenvalue weighted by Gasteiger charge is 2.25. The van der Waals surface area contributed by atoms with E-state index in [1.165, 1.54) is 6.21 Å². The molecule has 0 spiro atoms. The van der Waals surface area contributed by atoms with E-state index in [1.54, 1.807) is 14.2 Å². The van der Waals surface area contributed by atoms with Gasteiger partial charge in [-0.1, -0.05) is 47.6 Å².